The second kappa shape index (κ2) is 7.30. The number of hydrogen-bond donors (Lipinski definition) is 1. The molecule has 19 heavy (non-hydrogen) atoms. The van der Waals surface area contributed by atoms with Crippen molar-refractivity contribution in [1.29, 1.82) is 0 Å². The summed E-state index contributed by atoms with van der Waals surface area (Å²) in [4.78, 5) is 12.1. The van der Waals surface area contributed by atoms with Crippen molar-refractivity contribution in [2.45, 2.75) is 33.6 Å². The second-order valence-electron chi connectivity index (χ2n) is 4.99. The van der Waals surface area contributed by atoms with Gasteiger partial charge in [-0.25, -0.2) is 0 Å². The van der Waals surface area contributed by atoms with Crippen LogP contribution in [0.2, 0.25) is 0 Å². The third-order valence-corrected chi connectivity index (χ3v) is 5.28. The van der Waals surface area contributed by atoms with Crippen molar-refractivity contribution < 1.29 is 4.79 Å². The molecule has 0 aromatic heterocycles. The predicted molar refractivity (Wildman–Crippen MR) is 84.9 cm³/mol. The number of carbonyl (C=O) groups is 1. The van der Waals surface area contributed by atoms with Gasteiger partial charge in [0, 0.05) is 27.9 Å². The van der Waals surface area contributed by atoms with Crippen molar-refractivity contribution in [3.63, 3.8) is 0 Å². The lowest BCUT2D eigenvalue weighted by atomic mass is 9.84. The van der Waals surface area contributed by atoms with Crippen LogP contribution in [0.4, 0.5) is 0 Å². The minimum Gasteiger partial charge on any atom is -0.351 e. The van der Waals surface area contributed by atoms with Crippen LogP contribution in [-0.4, -0.2) is 18.3 Å². The minimum atomic E-state index is -0.0352. The molecule has 0 aliphatic heterocycles. The van der Waals surface area contributed by atoms with Gasteiger partial charge >= 0.3 is 0 Å². The van der Waals surface area contributed by atoms with Crippen molar-refractivity contribution >= 4 is 33.4 Å². The molecule has 0 radical (unpaired) electrons. The maximum Gasteiger partial charge on any atom is 0.251 e. The highest BCUT2D eigenvalue weighted by molar-refractivity contribution is 9.10. The second-order valence-corrected chi connectivity index (χ2v) is 6.11. The molecule has 2 nitrogen and oxygen atoms in total. The van der Waals surface area contributed by atoms with Gasteiger partial charge in [-0.3, -0.25) is 4.79 Å². The largest absolute Gasteiger partial charge is 0.351 e. The molecule has 0 spiro atoms. The molecule has 0 bridgehead atoms. The van der Waals surface area contributed by atoms with E-state index in [0.717, 1.165) is 22.9 Å². The van der Waals surface area contributed by atoms with E-state index in [-0.39, 0.29) is 11.3 Å². The molecular formula is C15H21BrClNO. The van der Waals surface area contributed by atoms with Crippen molar-refractivity contribution in [1.82, 2.24) is 5.32 Å². The Morgan fingerprint density at radius 2 is 2.00 bits per heavy atom. The number of benzene rings is 1. The Morgan fingerprint density at radius 1 is 1.37 bits per heavy atom. The van der Waals surface area contributed by atoms with Crippen LogP contribution in [0, 0.1) is 12.3 Å². The Balaban J connectivity index is 2.72. The quantitative estimate of drug-likeness (QED) is 0.753. The van der Waals surface area contributed by atoms with Gasteiger partial charge in [-0.05, 0) is 43.5 Å². The zero-order valence-corrected chi connectivity index (χ0v) is 14.1. The molecule has 0 atom stereocenters. The highest BCUT2D eigenvalue weighted by atomic mass is 79.9. The summed E-state index contributed by atoms with van der Waals surface area (Å²) in [7, 11) is 0. The number of rotatable bonds is 6. The van der Waals surface area contributed by atoms with Gasteiger partial charge in [-0.1, -0.05) is 29.8 Å². The van der Waals surface area contributed by atoms with Crippen molar-refractivity contribution in [2.24, 2.45) is 5.41 Å². The fourth-order valence-electron chi connectivity index (χ4n) is 1.89. The Bertz CT molecular complexity index is 436. The number of halogens is 2. The van der Waals surface area contributed by atoms with E-state index < -0.39 is 0 Å². The predicted octanol–water partition coefficient (Wildman–Crippen LogP) is 4.53. The van der Waals surface area contributed by atoms with Crippen LogP contribution >= 0.6 is 27.5 Å². The number of nitrogens with one attached hydrogen (secondary N) is 1. The normalized spacial score (nSPS) is 11.4. The van der Waals surface area contributed by atoms with Crippen LogP contribution in [0.15, 0.2) is 22.7 Å². The molecule has 0 heterocycles. The van der Waals surface area contributed by atoms with Gasteiger partial charge in [-0.15, -0.1) is 11.6 Å². The monoisotopic (exact) mass is 345 g/mol. The molecule has 1 N–H and O–H groups in total. The van der Waals surface area contributed by atoms with E-state index in [1.54, 1.807) is 0 Å². The molecule has 1 aromatic carbocycles. The van der Waals surface area contributed by atoms with Gasteiger partial charge in [0.05, 0.1) is 0 Å². The molecule has 1 aromatic rings. The number of amides is 1. The summed E-state index contributed by atoms with van der Waals surface area (Å²) in [5, 5.41) is 3.00. The van der Waals surface area contributed by atoms with Crippen LogP contribution in [0.25, 0.3) is 0 Å². The third kappa shape index (κ3) is 4.22. The maximum absolute atomic E-state index is 12.1. The summed E-state index contributed by atoms with van der Waals surface area (Å²) in [5.74, 6) is 0.534. The summed E-state index contributed by atoms with van der Waals surface area (Å²) in [6.07, 6.45) is 1.93. The molecule has 0 fully saturated rings. The average molecular weight is 347 g/mol. The van der Waals surface area contributed by atoms with Gasteiger partial charge in [-0.2, -0.15) is 0 Å². The van der Waals surface area contributed by atoms with E-state index in [1.807, 2.05) is 25.1 Å². The fraction of sp³-hybridized carbons (Fsp3) is 0.533. The van der Waals surface area contributed by atoms with E-state index in [9.17, 15) is 4.79 Å². The van der Waals surface area contributed by atoms with Crippen LogP contribution in [0.3, 0.4) is 0 Å². The molecule has 0 unspecified atom stereocenters. The van der Waals surface area contributed by atoms with E-state index >= 15 is 0 Å². The standard InChI is InChI=1S/C15H21BrClNO/c1-4-15(5-2,9-17)10-18-14(19)12-6-7-13(16)11(3)8-12/h6-8H,4-5,9-10H2,1-3H3,(H,18,19). The van der Waals surface area contributed by atoms with Crippen molar-refractivity contribution in [2.75, 3.05) is 12.4 Å². The van der Waals surface area contributed by atoms with Gasteiger partial charge in [0.2, 0.25) is 0 Å². The highest BCUT2D eigenvalue weighted by Gasteiger charge is 2.25. The first-order valence-corrected chi connectivity index (χ1v) is 7.91. The molecule has 0 aliphatic rings. The molecule has 1 rings (SSSR count). The van der Waals surface area contributed by atoms with E-state index in [0.29, 0.717) is 18.0 Å². The number of aryl methyl sites for hydroxylation is 1. The summed E-state index contributed by atoms with van der Waals surface area (Å²) in [5.41, 5.74) is 1.75. The zero-order valence-electron chi connectivity index (χ0n) is 11.7. The van der Waals surface area contributed by atoms with Crippen molar-refractivity contribution in [3.05, 3.63) is 33.8 Å². The lowest BCUT2D eigenvalue weighted by Gasteiger charge is -2.29. The number of alkyl halides is 1. The lowest BCUT2D eigenvalue weighted by Crippen LogP contribution is -2.38. The van der Waals surface area contributed by atoms with Crippen LogP contribution in [-0.2, 0) is 0 Å². The molecule has 106 valence electrons. The average Bonchev–Trinajstić information content (AvgIpc) is 2.43. The van der Waals surface area contributed by atoms with Gasteiger partial charge in [0.25, 0.3) is 5.91 Å². The first-order chi connectivity index (χ1) is 8.98. The topological polar surface area (TPSA) is 29.1 Å². The van der Waals surface area contributed by atoms with Gasteiger partial charge in [0.1, 0.15) is 0 Å². The van der Waals surface area contributed by atoms with Gasteiger partial charge < -0.3 is 5.32 Å². The summed E-state index contributed by atoms with van der Waals surface area (Å²) < 4.78 is 1.02. The summed E-state index contributed by atoms with van der Waals surface area (Å²) >= 11 is 9.48. The Hall–Kier alpha value is -0.540. The molecule has 0 saturated heterocycles. The first-order valence-electron chi connectivity index (χ1n) is 6.58. The Morgan fingerprint density at radius 3 is 2.47 bits per heavy atom. The van der Waals surface area contributed by atoms with Crippen LogP contribution < -0.4 is 5.32 Å². The molecule has 4 heteroatoms. The van der Waals surface area contributed by atoms with Gasteiger partial charge in [0.15, 0.2) is 0 Å². The van der Waals surface area contributed by atoms with E-state index in [4.69, 9.17) is 11.6 Å². The Kier molecular flexibility index (Phi) is 6.34. The van der Waals surface area contributed by atoms with Crippen molar-refractivity contribution in [3.8, 4) is 0 Å². The fourth-order valence-corrected chi connectivity index (χ4v) is 2.61. The van der Waals surface area contributed by atoms with E-state index in [1.165, 1.54) is 0 Å². The molecule has 0 saturated carbocycles. The highest BCUT2D eigenvalue weighted by Crippen LogP contribution is 2.27. The lowest BCUT2D eigenvalue weighted by molar-refractivity contribution is 0.0931. The minimum absolute atomic E-state index is 0.00161. The Labute approximate surface area is 129 Å². The zero-order chi connectivity index (χ0) is 14.5. The number of carbonyl (C=O) groups excluding carboxylic acids is 1. The van der Waals surface area contributed by atoms with Crippen LogP contribution in [0.1, 0.15) is 42.6 Å². The number of hydrogen-bond acceptors (Lipinski definition) is 1. The maximum atomic E-state index is 12.1. The molecule has 0 aliphatic carbocycles. The SMILES string of the molecule is CCC(CC)(CCl)CNC(=O)c1ccc(Br)c(C)c1. The summed E-state index contributed by atoms with van der Waals surface area (Å²) in [6.45, 7) is 6.82. The van der Waals surface area contributed by atoms with Crippen LogP contribution in [0.5, 0.6) is 0 Å². The first kappa shape index (κ1) is 16.5. The van der Waals surface area contributed by atoms with E-state index in [2.05, 4.69) is 35.1 Å². The summed E-state index contributed by atoms with van der Waals surface area (Å²) in [6, 6.07) is 5.62. The molecule has 1 amide bonds. The third-order valence-electron chi connectivity index (χ3n) is 3.83. The smallest absolute Gasteiger partial charge is 0.251 e. The molecular weight excluding hydrogens is 326 g/mol.